The number of nitrogens with zero attached hydrogens (tertiary/aromatic N) is 2. The van der Waals surface area contributed by atoms with Crippen molar-refractivity contribution in [2.45, 2.75) is 16.8 Å². The number of aromatic carboxylic acids is 1. The smallest absolute Gasteiger partial charge is 0.336 e. The summed E-state index contributed by atoms with van der Waals surface area (Å²) in [4.78, 5) is 26.1. The van der Waals surface area contributed by atoms with Crippen molar-refractivity contribution in [3.63, 3.8) is 0 Å². The Morgan fingerprint density at radius 1 is 1.30 bits per heavy atom. The Balaban J connectivity index is 2.47. The Bertz CT molecular complexity index is 688. The number of pyridine rings is 1. The van der Waals surface area contributed by atoms with E-state index in [2.05, 4.69) is 4.98 Å². The van der Waals surface area contributed by atoms with E-state index >= 15 is 0 Å². The van der Waals surface area contributed by atoms with Crippen molar-refractivity contribution in [1.29, 1.82) is 0 Å². The molecule has 0 saturated heterocycles. The summed E-state index contributed by atoms with van der Waals surface area (Å²) in [7, 11) is 0. The molecule has 0 saturated carbocycles. The van der Waals surface area contributed by atoms with Gasteiger partial charge in [0.25, 0.3) is 0 Å². The summed E-state index contributed by atoms with van der Waals surface area (Å²) >= 11 is 0.978. The summed E-state index contributed by atoms with van der Waals surface area (Å²) in [6.45, 7) is 1.72. The Morgan fingerprint density at radius 2 is 2.00 bits per heavy atom. The number of hydrogen-bond donors (Lipinski definition) is 1. The van der Waals surface area contributed by atoms with Gasteiger partial charge in [0.1, 0.15) is 0 Å². The Morgan fingerprint density at radius 3 is 2.65 bits per heavy atom. The SMILES string of the molecule is Cc1ccc([N+](=O)[O-])c(Sc2ccccc2C(=O)O)n1. The maximum atomic E-state index is 11.1. The van der Waals surface area contributed by atoms with E-state index in [1.165, 1.54) is 12.1 Å². The molecule has 20 heavy (non-hydrogen) atoms. The van der Waals surface area contributed by atoms with Crippen molar-refractivity contribution in [2.75, 3.05) is 0 Å². The van der Waals surface area contributed by atoms with E-state index in [4.69, 9.17) is 5.11 Å². The minimum Gasteiger partial charge on any atom is -0.478 e. The molecule has 102 valence electrons. The van der Waals surface area contributed by atoms with E-state index in [1.54, 1.807) is 31.2 Å². The lowest BCUT2D eigenvalue weighted by molar-refractivity contribution is -0.388. The van der Waals surface area contributed by atoms with Crippen LogP contribution in [-0.2, 0) is 0 Å². The van der Waals surface area contributed by atoms with E-state index in [1.807, 2.05) is 0 Å². The van der Waals surface area contributed by atoms with E-state index < -0.39 is 10.9 Å². The molecule has 0 fully saturated rings. The van der Waals surface area contributed by atoms with Crippen LogP contribution in [-0.4, -0.2) is 21.0 Å². The summed E-state index contributed by atoms with van der Waals surface area (Å²) in [5.74, 6) is -1.08. The second-order valence-corrected chi connectivity index (χ2v) is 4.97. The lowest BCUT2D eigenvalue weighted by Gasteiger charge is -2.06. The number of aryl methyl sites for hydroxylation is 1. The molecule has 0 aliphatic carbocycles. The maximum Gasteiger partial charge on any atom is 0.336 e. The third kappa shape index (κ3) is 2.94. The lowest BCUT2D eigenvalue weighted by atomic mass is 10.2. The van der Waals surface area contributed by atoms with Gasteiger partial charge in [-0.1, -0.05) is 23.9 Å². The molecule has 0 aliphatic rings. The summed E-state index contributed by atoms with van der Waals surface area (Å²) in [6, 6.07) is 9.25. The number of carboxylic acids is 1. The van der Waals surface area contributed by atoms with E-state index in [0.29, 0.717) is 10.6 Å². The number of benzene rings is 1. The Labute approximate surface area is 118 Å². The van der Waals surface area contributed by atoms with Gasteiger partial charge in [-0.05, 0) is 25.1 Å². The van der Waals surface area contributed by atoms with Gasteiger partial charge in [0.05, 0.1) is 10.5 Å². The van der Waals surface area contributed by atoms with Crippen molar-refractivity contribution in [3.05, 3.63) is 57.8 Å². The second kappa shape index (κ2) is 5.70. The summed E-state index contributed by atoms with van der Waals surface area (Å²) in [6.07, 6.45) is 0. The van der Waals surface area contributed by atoms with Gasteiger partial charge in [-0.3, -0.25) is 10.1 Å². The number of aromatic nitrogens is 1. The first-order valence-corrected chi connectivity index (χ1v) is 6.43. The first kappa shape index (κ1) is 14.0. The van der Waals surface area contributed by atoms with Crippen molar-refractivity contribution < 1.29 is 14.8 Å². The quantitative estimate of drug-likeness (QED) is 0.686. The average Bonchev–Trinajstić information content (AvgIpc) is 2.38. The average molecular weight is 290 g/mol. The summed E-state index contributed by atoms with van der Waals surface area (Å²) < 4.78 is 0. The standard InChI is InChI=1S/C13H10N2O4S/c1-8-6-7-10(15(18)19)12(14-8)20-11-5-3-2-4-9(11)13(16)17/h2-7H,1H3,(H,16,17). The van der Waals surface area contributed by atoms with Crippen molar-refractivity contribution in [1.82, 2.24) is 4.98 Å². The van der Waals surface area contributed by atoms with Crippen LogP contribution in [0.25, 0.3) is 0 Å². The van der Waals surface area contributed by atoms with Crippen LogP contribution >= 0.6 is 11.8 Å². The van der Waals surface area contributed by atoms with Crippen LogP contribution in [0, 0.1) is 17.0 Å². The van der Waals surface area contributed by atoms with Crippen LogP contribution in [0.2, 0.25) is 0 Å². The molecule has 0 unspecified atom stereocenters. The molecule has 7 heteroatoms. The molecule has 2 aromatic rings. The monoisotopic (exact) mass is 290 g/mol. The number of carboxylic acid groups (broad SMARTS) is 1. The molecule has 6 nitrogen and oxygen atoms in total. The largest absolute Gasteiger partial charge is 0.478 e. The van der Waals surface area contributed by atoms with E-state index in [0.717, 1.165) is 11.8 Å². The third-order valence-corrected chi connectivity index (χ3v) is 3.57. The minimum atomic E-state index is -1.08. The summed E-state index contributed by atoms with van der Waals surface area (Å²) in [5.41, 5.74) is 0.585. The van der Waals surface area contributed by atoms with Crippen LogP contribution in [0.4, 0.5) is 5.69 Å². The highest BCUT2D eigenvalue weighted by atomic mass is 32.2. The zero-order valence-corrected chi connectivity index (χ0v) is 11.3. The number of rotatable bonds is 4. The van der Waals surface area contributed by atoms with Gasteiger partial charge in [-0.15, -0.1) is 0 Å². The van der Waals surface area contributed by atoms with E-state index in [-0.39, 0.29) is 16.3 Å². The highest BCUT2D eigenvalue weighted by Gasteiger charge is 2.19. The van der Waals surface area contributed by atoms with Crippen LogP contribution in [0.1, 0.15) is 16.1 Å². The molecule has 2 rings (SSSR count). The van der Waals surface area contributed by atoms with Gasteiger partial charge in [0.2, 0.25) is 0 Å². The molecular weight excluding hydrogens is 280 g/mol. The Kier molecular flexibility index (Phi) is 3.99. The molecule has 0 amide bonds. The van der Waals surface area contributed by atoms with Crippen LogP contribution < -0.4 is 0 Å². The van der Waals surface area contributed by atoms with Gasteiger partial charge in [-0.2, -0.15) is 0 Å². The topological polar surface area (TPSA) is 93.3 Å². The molecule has 0 bridgehead atoms. The van der Waals surface area contributed by atoms with Crippen molar-refractivity contribution in [3.8, 4) is 0 Å². The fraction of sp³-hybridized carbons (Fsp3) is 0.0769. The molecule has 0 spiro atoms. The van der Waals surface area contributed by atoms with Crippen molar-refractivity contribution >= 4 is 23.4 Å². The zero-order valence-electron chi connectivity index (χ0n) is 10.4. The minimum absolute atomic E-state index is 0.0927. The fourth-order valence-electron chi connectivity index (χ4n) is 1.58. The number of nitro groups is 1. The maximum absolute atomic E-state index is 11.1. The van der Waals surface area contributed by atoms with Gasteiger partial charge < -0.3 is 5.11 Å². The molecule has 1 N–H and O–H groups in total. The molecular formula is C13H10N2O4S. The Hall–Kier alpha value is -2.41. The van der Waals surface area contributed by atoms with Gasteiger partial charge >= 0.3 is 11.7 Å². The van der Waals surface area contributed by atoms with Crippen LogP contribution in [0.15, 0.2) is 46.3 Å². The molecule has 0 atom stereocenters. The van der Waals surface area contributed by atoms with Gasteiger partial charge in [0, 0.05) is 16.7 Å². The predicted molar refractivity (Wildman–Crippen MR) is 73.2 cm³/mol. The highest BCUT2D eigenvalue weighted by Crippen LogP contribution is 2.35. The number of carbonyl (C=O) groups is 1. The predicted octanol–water partition coefficient (Wildman–Crippen LogP) is 3.15. The summed E-state index contributed by atoms with van der Waals surface area (Å²) in [5, 5.41) is 20.3. The van der Waals surface area contributed by atoms with Crippen LogP contribution in [0.3, 0.4) is 0 Å². The van der Waals surface area contributed by atoms with Crippen LogP contribution in [0.5, 0.6) is 0 Å². The first-order valence-electron chi connectivity index (χ1n) is 5.61. The molecule has 1 heterocycles. The molecule has 0 aliphatic heterocycles. The van der Waals surface area contributed by atoms with Gasteiger partial charge in [0.15, 0.2) is 5.03 Å². The fourth-order valence-corrected chi connectivity index (χ4v) is 2.63. The normalized spacial score (nSPS) is 10.2. The number of hydrogen-bond acceptors (Lipinski definition) is 5. The molecule has 1 aromatic carbocycles. The third-order valence-electron chi connectivity index (χ3n) is 2.50. The second-order valence-electron chi connectivity index (χ2n) is 3.94. The van der Waals surface area contributed by atoms with Gasteiger partial charge in [-0.25, -0.2) is 9.78 Å². The molecule has 0 radical (unpaired) electrons. The van der Waals surface area contributed by atoms with E-state index in [9.17, 15) is 14.9 Å². The highest BCUT2D eigenvalue weighted by molar-refractivity contribution is 7.99. The zero-order chi connectivity index (χ0) is 14.7. The van der Waals surface area contributed by atoms with Crippen molar-refractivity contribution in [2.24, 2.45) is 0 Å². The first-order chi connectivity index (χ1) is 9.49. The molecule has 1 aromatic heterocycles. The lowest BCUT2D eigenvalue weighted by Crippen LogP contribution is -1.99.